The Labute approximate surface area is 180 Å². The lowest BCUT2D eigenvalue weighted by molar-refractivity contribution is -0.121. The van der Waals surface area contributed by atoms with Gasteiger partial charge in [-0.05, 0) is 62.6 Å². The number of anilines is 1. The van der Waals surface area contributed by atoms with Crippen molar-refractivity contribution in [1.29, 1.82) is 0 Å². The van der Waals surface area contributed by atoms with Gasteiger partial charge in [-0.2, -0.15) is 0 Å². The first kappa shape index (κ1) is 20.3. The summed E-state index contributed by atoms with van der Waals surface area (Å²) in [6.07, 6.45) is 3.23. The van der Waals surface area contributed by atoms with Crippen LogP contribution in [0.25, 0.3) is 10.9 Å². The summed E-state index contributed by atoms with van der Waals surface area (Å²) in [5, 5.41) is 4.29. The Hall–Kier alpha value is -2.99. The SMILES string of the molecule is Cc1ccc(NC(=O)C2CCCN(C(=O)c3cc4cc(Cl)ccc4nc3C)C2)nc1. The van der Waals surface area contributed by atoms with Gasteiger partial charge in [0, 0.05) is 29.7 Å². The third-order valence-corrected chi connectivity index (χ3v) is 5.67. The molecule has 1 atom stereocenters. The molecule has 7 heteroatoms. The minimum absolute atomic E-state index is 0.104. The molecular weight excluding hydrogens is 400 g/mol. The van der Waals surface area contributed by atoms with Gasteiger partial charge in [0.15, 0.2) is 0 Å². The lowest BCUT2D eigenvalue weighted by atomic mass is 9.96. The Balaban J connectivity index is 1.50. The predicted octanol–water partition coefficient (Wildman–Crippen LogP) is 4.39. The normalized spacial score (nSPS) is 16.5. The van der Waals surface area contributed by atoms with E-state index < -0.39 is 0 Å². The molecular formula is C23H23ClN4O2. The smallest absolute Gasteiger partial charge is 0.255 e. The molecule has 1 aliphatic rings. The van der Waals surface area contributed by atoms with E-state index in [1.165, 1.54) is 0 Å². The maximum absolute atomic E-state index is 13.2. The summed E-state index contributed by atoms with van der Waals surface area (Å²) < 4.78 is 0. The van der Waals surface area contributed by atoms with Crippen LogP contribution in [0.2, 0.25) is 5.02 Å². The summed E-state index contributed by atoms with van der Waals surface area (Å²) in [5.74, 6) is 0.0475. The zero-order valence-electron chi connectivity index (χ0n) is 17.0. The number of aryl methyl sites for hydroxylation is 2. The second-order valence-corrected chi connectivity index (χ2v) is 8.20. The van der Waals surface area contributed by atoms with Gasteiger partial charge in [0.1, 0.15) is 5.82 Å². The van der Waals surface area contributed by atoms with E-state index in [4.69, 9.17) is 11.6 Å². The molecule has 0 saturated carbocycles. The average molecular weight is 423 g/mol. The van der Waals surface area contributed by atoms with Crippen LogP contribution in [0.4, 0.5) is 5.82 Å². The molecule has 1 N–H and O–H groups in total. The zero-order chi connectivity index (χ0) is 21.3. The van der Waals surface area contributed by atoms with Crippen molar-refractivity contribution in [3.63, 3.8) is 0 Å². The molecule has 6 nitrogen and oxygen atoms in total. The van der Waals surface area contributed by atoms with Crippen LogP contribution in [0.15, 0.2) is 42.6 Å². The molecule has 1 aromatic carbocycles. The fourth-order valence-corrected chi connectivity index (χ4v) is 3.96. The Kier molecular flexibility index (Phi) is 5.68. The second-order valence-electron chi connectivity index (χ2n) is 7.76. The number of carbonyl (C=O) groups excluding carboxylic acids is 2. The molecule has 1 aliphatic heterocycles. The van der Waals surface area contributed by atoms with Crippen molar-refractivity contribution in [2.45, 2.75) is 26.7 Å². The van der Waals surface area contributed by atoms with Crippen LogP contribution in [0.3, 0.4) is 0 Å². The molecule has 4 rings (SSSR count). The fourth-order valence-electron chi connectivity index (χ4n) is 3.78. The molecule has 3 aromatic rings. The monoisotopic (exact) mass is 422 g/mol. The van der Waals surface area contributed by atoms with Crippen molar-refractivity contribution < 1.29 is 9.59 Å². The minimum Gasteiger partial charge on any atom is -0.338 e. The van der Waals surface area contributed by atoms with E-state index in [0.29, 0.717) is 35.2 Å². The molecule has 0 bridgehead atoms. The topological polar surface area (TPSA) is 75.2 Å². The van der Waals surface area contributed by atoms with Crippen molar-refractivity contribution in [2.75, 3.05) is 18.4 Å². The molecule has 154 valence electrons. The maximum atomic E-state index is 13.2. The Bertz CT molecular complexity index is 1110. The van der Waals surface area contributed by atoms with Gasteiger partial charge in [-0.25, -0.2) is 4.98 Å². The molecule has 2 amide bonds. The number of piperidine rings is 1. The molecule has 0 spiro atoms. The number of hydrogen-bond donors (Lipinski definition) is 1. The molecule has 1 fully saturated rings. The Morgan fingerprint density at radius 1 is 1.17 bits per heavy atom. The van der Waals surface area contributed by atoms with Gasteiger partial charge in [0.25, 0.3) is 5.91 Å². The Morgan fingerprint density at radius 2 is 2.00 bits per heavy atom. The first-order chi connectivity index (χ1) is 14.4. The van der Waals surface area contributed by atoms with Crippen LogP contribution in [0.1, 0.15) is 34.5 Å². The van der Waals surface area contributed by atoms with E-state index in [1.807, 2.05) is 32.0 Å². The van der Waals surface area contributed by atoms with Gasteiger partial charge in [-0.3, -0.25) is 14.6 Å². The standard InChI is InChI=1S/C23H23ClN4O2/c1-14-5-8-21(25-12-14)27-22(29)16-4-3-9-28(13-16)23(30)19-11-17-10-18(24)6-7-20(17)26-15(19)2/h5-8,10-12,16H,3-4,9,13H2,1-2H3,(H,25,27,29). The number of fused-ring (bicyclic) bond motifs is 1. The number of benzene rings is 1. The molecule has 1 unspecified atom stereocenters. The molecule has 2 aromatic heterocycles. The summed E-state index contributed by atoms with van der Waals surface area (Å²) >= 11 is 6.10. The number of hydrogen-bond acceptors (Lipinski definition) is 4. The highest BCUT2D eigenvalue weighted by Crippen LogP contribution is 2.24. The number of aromatic nitrogens is 2. The molecule has 1 saturated heterocycles. The van der Waals surface area contributed by atoms with Crippen LogP contribution in [0, 0.1) is 19.8 Å². The minimum atomic E-state index is -0.269. The molecule has 0 radical (unpaired) electrons. The van der Waals surface area contributed by atoms with Gasteiger partial charge in [0.05, 0.1) is 22.7 Å². The number of likely N-dealkylation sites (tertiary alicyclic amines) is 1. The first-order valence-electron chi connectivity index (χ1n) is 10.0. The third kappa shape index (κ3) is 4.28. The number of carbonyl (C=O) groups is 2. The molecule has 30 heavy (non-hydrogen) atoms. The highest BCUT2D eigenvalue weighted by Gasteiger charge is 2.30. The highest BCUT2D eigenvalue weighted by molar-refractivity contribution is 6.31. The molecule has 0 aliphatic carbocycles. The number of pyridine rings is 2. The number of halogens is 1. The third-order valence-electron chi connectivity index (χ3n) is 5.44. The van der Waals surface area contributed by atoms with Crippen molar-refractivity contribution in [3.05, 3.63) is 64.4 Å². The highest BCUT2D eigenvalue weighted by atomic mass is 35.5. The van der Waals surface area contributed by atoms with Gasteiger partial charge in [-0.15, -0.1) is 0 Å². The lowest BCUT2D eigenvalue weighted by Gasteiger charge is -2.32. The van der Waals surface area contributed by atoms with E-state index >= 15 is 0 Å². The number of rotatable bonds is 3. The largest absolute Gasteiger partial charge is 0.338 e. The van der Waals surface area contributed by atoms with Crippen LogP contribution in [-0.2, 0) is 4.79 Å². The van der Waals surface area contributed by atoms with E-state index in [-0.39, 0.29) is 17.7 Å². The van der Waals surface area contributed by atoms with Gasteiger partial charge >= 0.3 is 0 Å². The van der Waals surface area contributed by atoms with Crippen molar-refractivity contribution >= 4 is 40.1 Å². The second kappa shape index (κ2) is 8.40. The van der Waals surface area contributed by atoms with Gasteiger partial charge in [0.2, 0.25) is 5.91 Å². The van der Waals surface area contributed by atoms with Crippen molar-refractivity contribution in [2.24, 2.45) is 5.92 Å². The summed E-state index contributed by atoms with van der Waals surface area (Å²) in [5.41, 5.74) is 3.05. The number of amides is 2. The summed E-state index contributed by atoms with van der Waals surface area (Å²) in [6, 6.07) is 11.0. The van der Waals surface area contributed by atoms with Crippen LogP contribution in [-0.4, -0.2) is 39.8 Å². The van der Waals surface area contributed by atoms with Crippen LogP contribution >= 0.6 is 11.6 Å². The summed E-state index contributed by atoms with van der Waals surface area (Å²) in [6.45, 7) is 4.78. The average Bonchev–Trinajstić information content (AvgIpc) is 2.74. The fraction of sp³-hybridized carbons (Fsp3) is 0.304. The maximum Gasteiger partial charge on any atom is 0.255 e. The zero-order valence-corrected chi connectivity index (χ0v) is 17.7. The van der Waals surface area contributed by atoms with Crippen molar-refractivity contribution in [1.82, 2.24) is 14.9 Å². The summed E-state index contributed by atoms with van der Waals surface area (Å²) in [7, 11) is 0. The molecule has 3 heterocycles. The summed E-state index contributed by atoms with van der Waals surface area (Å²) in [4.78, 5) is 36.5. The number of nitrogens with one attached hydrogen (secondary N) is 1. The van der Waals surface area contributed by atoms with Crippen LogP contribution < -0.4 is 5.32 Å². The quantitative estimate of drug-likeness (QED) is 0.679. The van der Waals surface area contributed by atoms with Gasteiger partial charge < -0.3 is 10.2 Å². The van der Waals surface area contributed by atoms with E-state index in [0.717, 1.165) is 29.3 Å². The van der Waals surface area contributed by atoms with E-state index in [9.17, 15) is 9.59 Å². The van der Waals surface area contributed by atoms with Crippen molar-refractivity contribution in [3.8, 4) is 0 Å². The lowest BCUT2D eigenvalue weighted by Crippen LogP contribution is -2.44. The van der Waals surface area contributed by atoms with E-state index in [1.54, 1.807) is 29.3 Å². The van der Waals surface area contributed by atoms with E-state index in [2.05, 4.69) is 15.3 Å². The van der Waals surface area contributed by atoms with Crippen LogP contribution in [0.5, 0.6) is 0 Å². The number of nitrogens with zero attached hydrogens (tertiary/aromatic N) is 3. The predicted molar refractivity (Wildman–Crippen MR) is 118 cm³/mol. The van der Waals surface area contributed by atoms with Gasteiger partial charge in [-0.1, -0.05) is 17.7 Å². The Morgan fingerprint density at radius 3 is 2.77 bits per heavy atom. The first-order valence-corrected chi connectivity index (χ1v) is 10.4.